The van der Waals surface area contributed by atoms with E-state index in [1.807, 2.05) is 18.0 Å². The van der Waals surface area contributed by atoms with Crippen LogP contribution in [0.4, 0.5) is 0 Å². The highest BCUT2D eigenvalue weighted by Crippen LogP contribution is 2.27. The van der Waals surface area contributed by atoms with Gasteiger partial charge in [0.15, 0.2) is 0 Å². The molecule has 6 heteroatoms. The fraction of sp³-hybridized carbons (Fsp3) is 0.400. The van der Waals surface area contributed by atoms with Crippen LogP contribution >= 0.6 is 0 Å². The summed E-state index contributed by atoms with van der Waals surface area (Å²) in [4.78, 5) is 30.8. The number of carbonyl (C=O) groups is 1. The van der Waals surface area contributed by atoms with Crippen LogP contribution in [-0.4, -0.2) is 43.8 Å². The lowest BCUT2D eigenvalue weighted by Crippen LogP contribution is -2.39. The zero-order chi connectivity index (χ0) is 14.7. The molecular formula is C15H17N5O. The molecular weight excluding hydrogens is 266 g/mol. The standard InChI is InChI=1S/C15H17N5O/c1-11-7-17-10-19-14(11)12-3-2-6-20(9-12)15(21)13-8-16-4-5-18-13/h4-5,7-8,10,12H,2-3,6,9H2,1H3. The minimum atomic E-state index is -0.0560. The molecule has 0 aromatic carbocycles. The molecule has 0 aliphatic carbocycles. The average Bonchev–Trinajstić information content (AvgIpc) is 2.55. The topological polar surface area (TPSA) is 71.9 Å². The summed E-state index contributed by atoms with van der Waals surface area (Å²) in [5, 5.41) is 0. The molecule has 2 aromatic rings. The molecule has 1 fully saturated rings. The second kappa shape index (κ2) is 5.95. The first-order chi connectivity index (χ1) is 10.3. The van der Waals surface area contributed by atoms with E-state index in [2.05, 4.69) is 19.9 Å². The highest BCUT2D eigenvalue weighted by Gasteiger charge is 2.27. The SMILES string of the molecule is Cc1cncnc1C1CCCN(C(=O)c2cnccn2)C1. The van der Waals surface area contributed by atoms with Crippen molar-refractivity contribution < 1.29 is 4.79 Å². The van der Waals surface area contributed by atoms with Gasteiger partial charge >= 0.3 is 0 Å². The van der Waals surface area contributed by atoms with Gasteiger partial charge in [0, 0.05) is 37.6 Å². The largest absolute Gasteiger partial charge is 0.337 e. The van der Waals surface area contributed by atoms with Gasteiger partial charge in [-0.3, -0.25) is 9.78 Å². The number of hydrogen-bond donors (Lipinski definition) is 0. The highest BCUT2D eigenvalue weighted by molar-refractivity contribution is 5.92. The number of rotatable bonds is 2. The molecule has 1 aliphatic heterocycles. The van der Waals surface area contributed by atoms with E-state index in [1.165, 1.54) is 6.20 Å². The summed E-state index contributed by atoms with van der Waals surface area (Å²) in [6, 6.07) is 0. The maximum Gasteiger partial charge on any atom is 0.274 e. The van der Waals surface area contributed by atoms with Gasteiger partial charge < -0.3 is 4.90 Å². The molecule has 1 unspecified atom stereocenters. The zero-order valence-corrected chi connectivity index (χ0v) is 11.9. The molecule has 0 N–H and O–H groups in total. The van der Waals surface area contributed by atoms with Crippen LogP contribution in [0.2, 0.25) is 0 Å². The van der Waals surface area contributed by atoms with Gasteiger partial charge in [-0.25, -0.2) is 15.0 Å². The van der Waals surface area contributed by atoms with Gasteiger partial charge in [-0.15, -0.1) is 0 Å². The van der Waals surface area contributed by atoms with Crippen LogP contribution < -0.4 is 0 Å². The maximum atomic E-state index is 12.5. The number of nitrogens with zero attached hydrogens (tertiary/aromatic N) is 5. The average molecular weight is 283 g/mol. The van der Waals surface area contributed by atoms with Crippen LogP contribution in [0.1, 0.15) is 40.5 Å². The first-order valence-corrected chi connectivity index (χ1v) is 7.07. The lowest BCUT2D eigenvalue weighted by molar-refractivity contribution is 0.0699. The highest BCUT2D eigenvalue weighted by atomic mass is 16.2. The Morgan fingerprint density at radius 2 is 2.14 bits per heavy atom. The summed E-state index contributed by atoms with van der Waals surface area (Å²) in [7, 11) is 0. The normalized spacial score (nSPS) is 18.5. The molecule has 0 radical (unpaired) electrons. The first kappa shape index (κ1) is 13.6. The van der Waals surface area contributed by atoms with Crippen LogP contribution in [0.5, 0.6) is 0 Å². The quantitative estimate of drug-likeness (QED) is 0.837. The number of piperidine rings is 1. The van der Waals surface area contributed by atoms with Crippen LogP contribution in [0.3, 0.4) is 0 Å². The zero-order valence-electron chi connectivity index (χ0n) is 11.9. The fourth-order valence-electron chi connectivity index (χ4n) is 2.79. The number of likely N-dealkylation sites (tertiary alicyclic amines) is 1. The summed E-state index contributed by atoms with van der Waals surface area (Å²) in [5.41, 5.74) is 2.52. The van der Waals surface area contributed by atoms with E-state index in [1.54, 1.807) is 18.7 Å². The van der Waals surface area contributed by atoms with Gasteiger partial charge in [0.25, 0.3) is 5.91 Å². The molecule has 0 spiro atoms. The van der Waals surface area contributed by atoms with E-state index >= 15 is 0 Å². The molecule has 21 heavy (non-hydrogen) atoms. The van der Waals surface area contributed by atoms with Crippen molar-refractivity contribution in [2.24, 2.45) is 0 Å². The minimum absolute atomic E-state index is 0.0560. The van der Waals surface area contributed by atoms with E-state index in [9.17, 15) is 4.79 Å². The number of aromatic nitrogens is 4. The third-order valence-electron chi connectivity index (χ3n) is 3.81. The summed E-state index contributed by atoms with van der Waals surface area (Å²) < 4.78 is 0. The molecule has 0 saturated carbocycles. The lowest BCUT2D eigenvalue weighted by atomic mass is 9.92. The molecule has 0 bridgehead atoms. The van der Waals surface area contributed by atoms with Gasteiger partial charge in [0.05, 0.1) is 11.9 Å². The van der Waals surface area contributed by atoms with Gasteiger partial charge in [0.1, 0.15) is 12.0 Å². The Hall–Kier alpha value is -2.37. The number of carbonyl (C=O) groups excluding carboxylic acids is 1. The van der Waals surface area contributed by atoms with Crippen molar-refractivity contribution >= 4 is 5.91 Å². The second-order valence-electron chi connectivity index (χ2n) is 5.27. The van der Waals surface area contributed by atoms with Gasteiger partial charge in [0.2, 0.25) is 0 Å². The molecule has 2 aromatic heterocycles. The number of hydrogen-bond acceptors (Lipinski definition) is 5. The smallest absolute Gasteiger partial charge is 0.274 e. The molecule has 6 nitrogen and oxygen atoms in total. The molecule has 1 amide bonds. The van der Waals surface area contributed by atoms with Crippen LogP contribution in [0, 0.1) is 6.92 Å². The van der Waals surface area contributed by atoms with Crippen molar-refractivity contribution in [3.05, 3.63) is 48.1 Å². The monoisotopic (exact) mass is 283 g/mol. The first-order valence-electron chi connectivity index (χ1n) is 7.07. The van der Waals surface area contributed by atoms with E-state index in [-0.39, 0.29) is 11.8 Å². The van der Waals surface area contributed by atoms with Crippen molar-refractivity contribution in [3.8, 4) is 0 Å². The predicted octanol–water partition coefficient (Wildman–Crippen LogP) is 1.59. The number of amides is 1. The summed E-state index contributed by atoms with van der Waals surface area (Å²) >= 11 is 0. The van der Waals surface area contributed by atoms with Crippen molar-refractivity contribution in [1.82, 2.24) is 24.8 Å². The molecule has 1 saturated heterocycles. The number of aryl methyl sites for hydroxylation is 1. The summed E-state index contributed by atoms with van der Waals surface area (Å²) in [6.45, 7) is 3.45. The molecule has 1 aliphatic rings. The van der Waals surface area contributed by atoms with E-state index in [0.29, 0.717) is 12.2 Å². The summed E-state index contributed by atoms with van der Waals surface area (Å²) in [6.07, 6.45) is 10.0. The van der Waals surface area contributed by atoms with Crippen LogP contribution in [0.15, 0.2) is 31.1 Å². The summed E-state index contributed by atoms with van der Waals surface area (Å²) in [5.74, 6) is 0.210. The molecule has 3 rings (SSSR count). The van der Waals surface area contributed by atoms with Crippen molar-refractivity contribution in [3.63, 3.8) is 0 Å². The maximum absolute atomic E-state index is 12.5. The van der Waals surface area contributed by atoms with E-state index in [0.717, 1.165) is 30.6 Å². The lowest BCUT2D eigenvalue weighted by Gasteiger charge is -2.32. The van der Waals surface area contributed by atoms with Gasteiger partial charge in [-0.2, -0.15) is 0 Å². The van der Waals surface area contributed by atoms with Crippen LogP contribution in [0.25, 0.3) is 0 Å². The van der Waals surface area contributed by atoms with Gasteiger partial charge in [-0.1, -0.05) is 0 Å². The van der Waals surface area contributed by atoms with Crippen molar-refractivity contribution in [1.29, 1.82) is 0 Å². The third kappa shape index (κ3) is 2.89. The van der Waals surface area contributed by atoms with Crippen molar-refractivity contribution in [2.75, 3.05) is 13.1 Å². The molecule has 1 atom stereocenters. The second-order valence-corrected chi connectivity index (χ2v) is 5.27. The van der Waals surface area contributed by atoms with E-state index in [4.69, 9.17) is 0 Å². The van der Waals surface area contributed by atoms with E-state index < -0.39 is 0 Å². The molecule has 3 heterocycles. The fourth-order valence-corrected chi connectivity index (χ4v) is 2.79. The van der Waals surface area contributed by atoms with Crippen LogP contribution in [-0.2, 0) is 0 Å². The Bertz CT molecular complexity index is 631. The Kier molecular flexibility index (Phi) is 3.85. The molecule has 108 valence electrons. The van der Waals surface area contributed by atoms with Gasteiger partial charge in [-0.05, 0) is 25.3 Å². The Morgan fingerprint density at radius 3 is 2.90 bits per heavy atom. The minimum Gasteiger partial charge on any atom is -0.337 e. The Labute approximate surface area is 123 Å². The third-order valence-corrected chi connectivity index (χ3v) is 3.81. The Morgan fingerprint density at radius 1 is 1.24 bits per heavy atom. The Balaban J connectivity index is 1.77. The predicted molar refractivity (Wildman–Crippen MR) is 76.7 cm³/mol. The van der Waals surface area contributed by atoms with Crippen molar-refractivity contribution in [2.45, 2.75) is 25.7 Å².